The Morgan fingerprint density at radius 2 is 2.00 bits per heavy atom. The lowest BCUT2D eigenvalue weighted by Crippen LogP contribution is -2.12. The second-order valence-corrected chi connectivity index (χ2v) is 5.67. The maximum Gasteiger partial charge on any atom is 0.331 e. The van der Waals surface area contributed by atoms with Crippen LogP contribution in [0.1, 0.15) is 39.5 Å². The van der Waals surface area contributed by atoms with E-state index in [-0.39, 0.29) is 11.7 Å². The lowest BCUT2D eigenvalue weighted by Gasteiger charge is -2.18. The Morgan fingerprint density at radius 3 is 2.61 bits per heavy atom. The quantitative estimate of drug-likeness (QED) is 0.764. The molecule has 0 aromatic rings. The number of carbonyl (C=O) groups is 2. The minimum absolute atomic E-state index is 0.00852. The van der Waals surface area contributed by atoms with Crippen LogP contribution in [0.2, 0.25) is 0 Å². The van der Waals surface area contributed by atoms with Crippen molar-refractivity contribution in [2.45, 2.75) is 39.5 Å². The van der Waals surface area contributed by atoms with E-state index in [1.165, 1.54) is 5.57 Å². The number of carboxylic acids is 1. The lowest BCUT2D eigenvalue weighted by molar-refractivity contribution is -0.133. The minimum Gasteiger partial charge on any atom is -0.478 e. The number of carbonyl (C=O) groups excluding carboxylic acids is 1. The normalized spacial score (nSPS) is 32.1. The highest BCUT2D eigenvalue weighted by atomic mass is 16.4. The second-order valence-electron chi connectivity index (χ2n) is 5.67. The molecular weight excluding hydrogens is 228 g/mol. The van der Waals surface area contributed by atoms with Crippen LogP contribution in [-0.2, 0) is 9.59 Å². The summed E-state index contributed by atoms with van der Waals surface area (Å²) in [4.78, 5) is 22.9. The van der Waals surface area contributed by atoms with Crippen molar-refractivity contribution in [3.63, 3.8) is 0 Å². The van der Waals surface area contributed by atoms with E-state index in [9.17, 15) is 9.59 Å². The highest BCUT2D eigenvalue weighted by Crippen LogP contribution is 2.45. The van der Waals surface area contributed by atoms with E-state index >= 15 is 0 Å². The van der Waals surface area contributed by atoms with E-state index in [0.29, 0.717) is 30.3 Å². The van der Waals surface area contributed by atoms with Crippen LogP contribution in [0.5, 0.6) is 0 Å². The van der Waals surface area contributed by atoms with Crippen LogP contribution < -0.4 is 0 Å². The molecule has 0 amide bonds. The molecule has 0 heterocycles. The lowest BCUT2D eigenvalue weighted by atomic mass is 9.86. The van der Waals surface area contributed by atoms with Crippen molar-refractivity contribution in [2.75, 3.05) is 0 Å². The zero-order valence-electron chi connectivity index (χ0n) is 11.0. The van der Waals surface area contributed by atoms with Gasteiger partial charge in [0.15, 0.2) is 5.78 Å². The van der Waals surface area contributed by atoms with Crippen LogP contribution in [0.15, 0.2) is 23.3 Å². The van der Waals surface area contributed by atoms with Gasteiger partial charge < -0.3 is 5.11 Å². The monoisotopic (exact) mass is 248 g/mol. The number of hydrogen-bond donors (Lipinski definition) is 1. The largest absolute Gasteiger partial charge is 0.478 e. The summed E-state index contributed by atoms with van der Waals surface area (Å²) in [7, 11) is 0. The Kier molecular flexibility index (Phi) is 3.42. The van der Waals surface area contributed by atoms with Gasteiger partial charge in [-0.2, -0.15) is 0 Å². The molecule has 0 aliphatic heterocycles. The van der Waals surface area contributed by atoms with Gasteiger partial charge in [0.05, 0.1) is 0 Å². The van der Waals surface area contributed by atoms with Crippen LogP contribution in [0.3, 0.4) is 0 Å². The van der Waals surface area contributed by atoms with E-state index in [0.717, 1.165) is 18.4 Å². The van der Waals surface area contributed by atoms with Crippen LogP contribution in [0.4, 0.5) is 0 Å². The first kappa shape index (κ1) is 13.1. The van der Waals surface area contributed by atoms with Gasteiger partial charge in [-0.1, -0.05) is 19.1 Å². The van der Waals surface area contributed by atoms with Gasteiger partial charge in [-0.3, -0.25) is 4.79 Å². The van der Waals surface area contributed by atoms with Crippen molar-refractivity contribution in [3.8, 4) is 0 Å². The number of hydrogen-bond acceptors (Lipinski definition) is 2. The highest BCUT2D eigenvalue weighted by Gasteiger charge is 2.37. The van der Waals surface area contributed by atoms with Crippen LogP contribution in [0.25, 0.3) is 0 Å². The fourth-order valence-electron chi connectivity index (χ4n) is 3.29. The SMILES string of the molecule is C=C(C(=O)O)[C@H]1CCC(C)[C@@H]2CC(=O)C(C)=C2C1. The molecule has 0 spiro atoms. The van der Waals surface area contributed by atoms with Gasteiger partial charge in [0.25, 0.3) is 0 Å². The third-order valence-electron chi connectivity index (χ3n) is 4.64. The average Bonchev–Trinajstić information content (AvgIpc) is 2.50. The minimum atomic E-state index is -0.909. The van der Waals surface area contributed by atoms with E-state index < -0.39 is 5.97 Å². The Bertz CT molecular complexity index is 445. The molecule has 3 nitrogen and oxygen atoms in total. The fraction of sp³-hybridized carbons (Fsp3) is 0.600. The summed E-state index contributed by atoms with van der Waals surface area (Å²) in [6.07, 6.45) is 3.17. The molecule has 3 heteroatoms. The Morgan fingerprint density at radius 1 is 1.33 bits per heavy atom. The number of carboxylic acid groups (broad SMARTS) is 1. The summed E-state index contributed by atoms with van der Waals surface area (Å²) in [5, 5.41) is 9.07. The number of allylic oxidation sites excluding steroid dienone is 2. The van der Waals surface area contributed by atoms with Crippen molar-refractivity contribution in [1.29, 1.82) is 0 Å². The average molecular weight is 248 g/mol. The molecule has 0 aromatic heterocycles. The second kappa shape index (κ2) is 4.71. The Labute approximate surface area is 108 Å². The maximum absolute atomic E-state index is 11.8. The van der Waals surface area contributed by atoms with Gasteiger partial charge in [-0.25, -0.2) is 4.79 Å². The Hall–Kier alpha value is -1.38. The molecule has 2 aliphatic carbocycles. The van der Waals surface area contributed by atoms with Gasteiger partial charge >= 0.3 is 5.97 Å². The smallest absolute Gasteiger partial charge is 0.331 e. The third-order valence-corrected chi connectivity index (χ3v) is 4.64. The molecule has 3 atom stereocenters. The molecule has 2 rings (SSSR count). The summed E-state index contributed by atoms with van der Waals surface area (Å²) in [6.45, 7) is 7.75. The Balaban J connectivity index is 2.29. The predicted octanol–water partition coefficient (Wildman–Crippen LogP) is 2.97. The number of Topliss-reactive ketones (excluding diaryl/α,β-unsaturated/α-hetero) is 1. The fourth-order valence-corrected chi connectivity index (χ4v) is 3.29. The standard InChI is InChI=1S/C15H20O3/c1-8-4-5-11(9(2)15(17)18)6-13-10(3)14(16)7-12(8)13/h8,11-12H,2,4-7H2,1,3H3,(H,17,18)/t8?,11-,12-/m0/s1. The zero-order chi connectivity index (χ0) is 13.4. The molecule has 2 aliphatic rings. The summed E-state index contributed by atoms with van der Waals surface area (Å²) >= 11 is 0. The van der Waals surface area contributed by atoms with Crippen molar-refractivity contribution < 1.29 is 14.7 Å². The number of fused-ring (bicyclic) bond motifs is 1. The predicted molar refractivity (Wildman–Crippen MR) is 69.1 cm³/mol. The molecule has 0 bridgehead atoms. The first-order chi connectivity index (χ1) is 8.41. The van der Waals surface area contributed by atoms with E-state index in [2.05, 4.69) is 13.5 Å². The van der Waals surface area contributed by atoms with Gasteiger partial charge in [-0.05, 0) is 49.5 Å². The zero-order valence-corrected chi connectivity index (χ0v) is 11.0. The van der Waals surface area contributed by atoms with Crippen molar-refractivity contribution in [3.05, 3.63) is 23.3 Å². The summed E-state index contributed by atoms with van der Waals surface area (Å²) < 4.78 is 0. The van der Waals surface area contributed by atoms with Crippen molar-refractivity contribution in [2.24, 2.45) is 17.8 Å². The molecule has 18 heavy (non-hydrogen) atoms. The molecule has 1 unspecified atom stereocenters. The van der Waals surface area contributed by atoms with E-state index in [1.807, 2.05) is 6.92 Å². The topological polar surface area (TPSA) is 54.4 Å². The molecule has 1 N–H and O–H groups in total. The maximum atomic E-state index is 11.8. The summed E-state index contributed by atoms with van der Waals surface area (Å²) in [5.41, 5.74) is 2.36. The van der Waals surface area contributed by atoms with Crippen LogP contribution in [-0.4, -0.2) is 16.9 Å². The van der Waals surface area contributed by atoms with E-state index in [4.69, 9.17) is 5.11 Å². The molecule has 0 saturated heterocycles. The first-order valence-electron chi connectivity index (χ1n) is 6.56. The summed E-state index contributed by atoms with van der Waals surface area (Å²) in [6, 6.07) is 0. The highest BCUT2D eigenvalue weighted by molar-refractivity contribution is 5.98. The molecule has 1 fully saturated rings. The van der Waals surface area contributed by atoms with Gasteiger partial charge in [0.1, 0.15) is 0 Å². The number of aliphatic carboxylic acids is 1. The molecule has 98 valence electrons. The van der Waals surface area contributed by atoms with Crippen LogP contribution in [0, 0.1) is 17.8 Å². The first-order valence-corrected chi connectivity index (χ1v) is 6.56. The molecule has 0 aromatic carbocycles. The van der Waals surface area contributed by atoms with Gasteiger partial charge in [-0.15, -0.1) is 0 Å². The van der Waals surface area contributed by atoms with Crippen molar-refractivity contribution in [1.82, 2.24) is 0 Å². The molecule has 0 radical (unpaired) electrons. The van der Waals surface area contributed by atoms with Gasteiger partial charge in [0, 0.05) is 12.0 Å². The van der Waals surface area contributed by atoms with Crippen molar-refractivity contribution >= 4 is 11.8 Å². The summed E-state index contributed by atoms with van der Waals surface area (Å²) in [5.74, 6) is 0.125. The number of ketones is 1. The number of rotatable bonds is 2. The third kappa shape index (κ3) is 2.14. The van der Waals surface area contributed by atoms with E-state index in [1.54, 1.807) is 0 Å². The van der Waals surface area contributed by atoms with Gasteiger partial charge in [0.2, 0.25) is 0 Å². The van der Waals surface area contributed by atoms with Crippen LogP contribution >= 0.6 is 0 Å². The molecular formula is C15H20O3. The molecule has 1 saturated carbocycles.